The predicted octanol–water partition coefficient (Wildman–Crippen LogP) is 7.52. The van der Waals surface area contributed by atoms with Gasteiger partial charge in [-0.25, -0.2) is 4.39 Å². The van der Waals surface area contributed by atoms with Gasteiger partial charge in [-0.3, -0.25) is 14.5 Å². The third-order valence-corrected chi connectivity index (χ3v) is 6.82. The van der Waals surface area contributed by atoms with Gasteiger partial charge in [-0.1, -0.05) is 26.0 Å². The number of ether oxygens (including phenoxy) is 2. The van der Waals surface area contributed by atoms with Crippen LogP contribution in [-0.4, -0.2) is 19.1 Å². The maximum Gasteiger partial charge on any atom is 0.416 e. The number of benzene rings is 3. The van der Waals surface area contributed by atoms with Crippen LogP contribution in [0.25, 0.3) is 11.0 Å². The highest BCUT2D eigenvalue weighted by Crippen LogP contribution is 2.44. The molecular weight excluding hydrogens is 542 g/mol. The number of hydrogen-bond acceptors (Lipinski definition) is 5. The summed E-state index contributed by atoms with van der Waals surface area (Å²) in [7, 11) is 0. The second-order valence-electron chi connectivity index (χ2n) is 10.1. The molecule has 214 valence electrons. The lowest BCUT2D eigenvalue weighted by molar-refractivity contribution is -0.137. The van der Waals surface area contributed by atoms with E-state index < -0.39 is 34.9 Å². The van der Waals surface area contributed by atoms with Crippen LogP contribution in [0.1, 0.15) is 60.5 Å². The zero-order valence-electron chi connectivity index (χ0n) is 22.5. The maximum absolute atomic E-state index is 14.1. The van der Waals surface area contributed by atoms with Crippen LogP contribution in [0.2, 0.25) is 0 Å². The van der Waals surface area contributed by atoms with Gasteiger partial charge in [-0.05, 0) is 73.4 Å². The topological polar surface area (TPSA) is 69.0 Å². The van der Waals surface area contributed by atoms with Crippen molar-refractivity contribution in [3.63, 3.8) is 0 Å². The largest absolute Gasteiger partial charge is 0.490 e. The molecule has 0 N–H and O–H groups in total. The third kappa shape index (κ3) is 5.38. The molecule has 0 saturated carbocycles. The van der Waals surface area contributed by atoms with Gasteiger partial charge in [0.1, 0.15) is 11.4 Å². The Morgan fingerprint density at radius 1 is 0.976 bits per heavy atom. The van der Waals surface area contributed by atoms with Gasteiger partial charge in [-0.2, -0.15) is 13.2 Å². The van der Waals surface area contributed by atoms with E-state index >= 15 is 0 Å². The summed E-state index contributed by atoms with van der Waals surface area (Å²) >= 11 is 0. The first-order valence-corrected chi connectivity index (χ1v) is 13.2. The van der Waals surface area contributed by atoms with E-state index in [4.69, 9.17) is 13.9 Å². The van der Waals surface area contributed by atoms with E-state index in [1.54, 1.807) is 25.1 Å². The molecule has 1 unspecified atom stereocenters. The quantitative estimate of drug-likeness (QED) is 0.205. The van der Waals surface area contributed by atoms with E-state index in [1.807, 2.05) is 0 Å². The van der Waals surface area contributed by atoms with Gasteiger partial charge in [0.15, 0.2) is 16.9 Å². The van der Waals surface area contributed by atoms with Crippen LogP contribution in [0.5, 0.6) is 11.5 Å². The number of nitrogens with zero attached hydrogens (tertiary/aromatic N) is 1. The molecule has 3 aromatic carbocycles. The highest BCUT2D eigenvalue weighted by Gasteiger charge is 2.44. The summed E-state index contributed by atoms with van der Waals surface area (Å²) in [6.45, 7) is 6.62. The molecule has 1 aromatic heterocycles. The Morgan fingerprint density at radius 2 is 1.76 bits per heavy atom. The molecule has 1 atom stereocenters. The summed E-state index contributed by atoms with van der Waals surface area (Å²) < 4.78 is 72.5. The number of anilines is 1. The van der Waals surface area contributed by atoms with Crippen molar-refractivity contribution in [1.29, 1.82) is 0 Å². The van der Waals surface area contributed by atoms with Crippen LogP contribution < -0.4 is 19.8 Å². The summed E-state index contributed by atoms with van der Waals surface area (Å²) in [5.41, 5.74) is -1.47. The zero-order chi connectivity index (χ0) is 29.5. The van der Waals surface area contributed by atoms with Crippen molar-refractivity contribution in [1.82, 2.24) is 0 Å². The Morgan fingerprint density at radius 3 is 2.46 bits per heavy atom. The van der Waals surface area contributed by atoms with Crippen LogP contribution in [0.4, 0.5) is 23.2 Å². The Balaban J connectivity index is 1.71. The summed E-state index contributed by atoms with van der Waals surface area (Å²) in [6, 6.07) is 11.3. The number of amides is 1. The molecule has 6 nitrogen and oxygen atoms in total. The average Bonchev–Trinajstić information content (AvgIpc) is 3.22. The summed E-state index contributed by atoms with van der Waals surface area (Å²) in [5, 5.41) is -0.0916. The number of hydrogen-bond donors (Lipinski definition) is 0. The Bertz CT molecular complexity index is 1680. The van der Waals surface area contributed by atoms with Crippen molar-refractivity contribution < 1.29 is 36.2 Å². The van der Waals surface area contributed by atoms with Gasteiger partial charge >= 0.3 is 6.18 Å². The first-order valence-electron chi connectivity index (χ1n) is 13.2. The van der Waals surface area contributed by atoms with Gasteiger partial charge in [0.25, 0.3) is 5.91 Å². The van der Waals surface area contributed by atoms with E-state index in [9.17, 15) is 27.2 Å². The minimum Gasteiger partial charge on any atom is -0.490 e. The molecule has 1 aliphatic rings. The van der Waals surface area contributed by atoms with Gasteiger partial charge in [0.2, 0.25) is 5.76 Å². The molecule has 0 aliphatic carbocycles. The fraction of sp³-hybridized carbons (Fsp3) is 0.290. The van der Waals surface area contributed by atoms with Crippen LogP contribution in [0, 0.1) is 11.7 Å². The lowest BCUT2D eigenvalue weighted by atomic mass is 9.97. The molecule has 0 spiro atoms. The number of fused-ring (bicyclic) bond motifs is 2. The average molecular weight is 570 g/mol. The molecule has 0 saturated heterocycles. The van der Waals surface area contributed by atoms with Crippen LogP contribution >= 0.6 is 0 Å². The number of rotatable bonds is 8. The molecule has 2 heterocycles. The fourth-order valence-corrected chi connectivity index (χ4v) is 4.85. The van der Waals surface area contributed by atoms with Gasteiger partial charge in [0.05, 0.1) is 35.8 Å². The number of alkyl halides is 3. The molecule has 10 heteroatoms. The zero-order valence-corrected chi connectivity index (χ0v) is 22.5. The van der Waals surface area contributed by atoms with Crippen LogP contribution in [0.3, 0.4) is 0 Å². The molecule has 5 rings (SSSR count). The second kappa shape index (κ2) is 10.9. The summed E-state index contributed by atoms with van der Waals surface area (Å²) in [6.07, 6.45) is -3.87. The van der Waals surface area contributed by atoms with E-state index in [-0.39, 0.29) is 34.6 Å². The number of carbonyl (C=O) groups is 1. The van der Waals surface area contributed by atoms with Crippen molar-refractivity contribution in [3.8, 4) is 11.5 Å². The number of carbonyl (C=O) groups excluding carboxylic acids is 1. The first kappa shape index (κ1) is 28.2. The molecule has 1 aliphatic heterocycles. The Labute approximate surface area is 233 Å². The van der Waals surface area contributed by atoms with Crippen molar-refractivity contribution in [2.45, 2.75) is 39.4 Å². The minimum absolute atomic E-state index is 0.0166. The van der Waals surface area contributed by atoms with Crippen LogP contribution in [0.15, 0.2) is 69.9 Å². The van der Waals surface area contributed by atoms with E-state index in [0.29, 0.717) is 29.6 Å². The van der Waals surface area contributed by atoms with Crippen molar-refractivity contribution >= 4 is 22.6 Å². The summed E-state index contributed by atoms with van der Waals surface area (Å²) in [5.74, 6) is -0.615. The molecule has 0 radical (unpaired) electrons. The predicted molar refractivity (Wildman–Crippen MR) is 145 cm³/mol. The molecule has 1 amide bonds. The first-order chi connectivity index (χ1) is 19.5. The SMILES string of the molecule is CCOc1cc(C2c3c(oc4ccc(F)cc4c3=O)C(=O)N2c2cccc(C(F)(F)F)c2)ccc1OCCC(C)C. The lowest BCUT2D eigenvalue weighted by Crippen LogP contribution is -2.29. The standard InChI is InChI=1S/C31H27F4NO5/c1-4-39-25-14-18(8-10-24(25)40-13-12-17(2)3)27-26-28(37)22-16-20(32)9-11-23(22)41-29(26)30(38)36(27)21-7-5-6-19(15-21)31(33,34)35/h5-11,14-17,27H,4,12-13H2,1-3H3. The van der Waals surface area contributed by atoms with Crippen molar-refractivity contribution in [3.05, 3.63) is 99.2 Å². The van der Waals surface area contributed by atoms with Crippen LogP contribution in [-0.2, 0) is 6.18 Å². The molecule has 41 heavy (non-hydrogen) atoms. The fourth-order valence-electron chi connectivity index (χ4n) is 4.85. The van der Waals surface area contributed by atoms with Gasteiger partial charge in [0, 0.05) is 5.69 Å². The Kier molecular flexibility index (Phi) is 7.50. The van der Waals surface area contributed by atoms with Gasteiger partial charge in [-0.15, -0.1) is 0 Å². The Hall–Kier alpha value is -4.34. The molecule has 4 aromatic rings. The highest BCUT2D eigenvalue weighted by molar-refractivity contribution is 6.10. The maximum atomic E-state index is 14.1. The summed E-state index contributed by atoms with van der Waals surface area (Å²) in [4.78, 5) is 28.6. The van der Waals surface area contributed by atoms with Crippen molar-refractivity contribution in [2.75, 3.05) is 18.1 Å². The normalized spacial score (nSPS) is 15.1. The van der Waals surface area contributed by atoms with Crippen molar-refractivity contribution in [2.24, 2.45) is 5.92 Å². The van der Waals surface area contributed by atoms with E-state index in [1.165, 1.54) is 18.2 Å². The monoisotopic (exact) mass is 569 g/mol. The van der Waals surface area contributed by atoms with E-state index in [0.717, 1.165) is 35.6 Å². The third-order valence-electron chi connectivity index (χ3n) is 6.82. The smallest absolute Gasteiger partial charge is 0.416 e. The minimum atomic E-state index is -4.67. The molecule has 0 fully saturated rings. The highest BCUT2D eigenvalue weighted by atomic mass is 19.4. The number of halogens is 4. The lowest BCUT2D eigenvalue weighted by Gasteiger charge is -2.26. The second-order valence-corrected chi connectivity index (χ2v) is 10.1. The molecular formula is C31H27F4NO5. The van der Waals surface area contributed by atoms with E-state index in [2.05, 4.69) is 13.8 Å². The molecule has 0 bridgehead atoms. The van der Waals surface area contributed by atoms with Gasteiger partial charge < -0.3 is 13.9 Å².